The van der Waals surface area contributed by atoms with E-state index in [-0.39, 0.29) is 17.2 Å². The predicted molar refractivity (Wildman–Crippen MR) is 132 cm³/mol. The molecule has 0 unspecified atom stereocenters. The van der Waals surface area contributed by atoms with Crippen LogP contribution in [0, 0.1) is 0 Å². The number of carbonyl (C=O) groups excluding carboxylic acids is 1. The molecule has 2 heterocycles. The lowest BCUT2D eigenvalue weighted by molar-refractivity contribution is -0.116. The molecule has 0 saturated carbocycles. The fourth-order valence-electron chi connectivity index (χ4n) is 3.91. The molecule has 174 valence electrons. The number of nitrogens with zero attached hydrogens (tertiary/aromatic N) is 4. The van der Waals surface area contributed by atoms with Gasteiger partial charge in [0.2, 0.25) is 15.9 Å². The number of benzene rings is 2. The number of para-hydroxylation sites is 1. The minimum atomic E-state index is -3.56. The molecule has 10 heteroatoms. The normalized spacial score (nSPS) is 12.1. The van der Waals surface area contributed by atoms with Crippen molar-refractivity contribution in [1.29, 1.82) is 0 Å². The highest BCUT2D eigenvalue weighted by atomic mass is 32.2. The van der Waals surface area contributed by atoms with Gasteiger partial charge in [-0.1, -0.05) is 37.3 Å². The van der Waals surface area contributed by atoms with Crippen LogP contribution >= 0.6 is 11.3 Å². The van der Waals surface area contributed by atoms with Crippen molar-refractivity contribution in [2.45, 2.75) is 45.1 Å². The van der Waals surface area contributed by atoms with Crippen LogP contribution in [-0.4, -0.2) is 46.3 Å². The third kappa shape index (κ3) is 4.64. The molecule has 0 aliphatic carbocycles. The number of fused-ring (bicyclic) bond motifs is 2. The van der Waals surface area contributed by atoms with Gasteiger partial charge in [0.05, 0.1) is 26.1 Å². The van der Waals surface area contributed by atoms with Gasteiger partial charge in [0.25, 0.3) is 0 Å². The molecule has 1 amide bonds. The lowest BCUT2D eigenvalue weighted by Gasteiger charge is -2.18. The van der Waals surface area contributed by atoms with Crippen molar-refractivity contribution >= 4 is 53.6 Å². The summed E-state index contributed by atoms with van der Waals surface area (Å²) in [5, 5.41) is 3.45. The number of carbonyl (C=O) groups is 1. The van der Waals surface area contributed by atoms with E-state index in [0.717, 1.165) is 21.6 Å². The molecule has 0 atom stereocenters. The quantitative estimate of drug-likeness (QED) is 0.382. The van der Waals surface area contributed by atoms with Gasteiger partial charge < -0.3 is 9.88 Å². The Hall–Kier alpha value is -2.82. The number of nitrogens with one attached hydrogen (secondary N) is 1. The fraction of sp³-hybridized carbons (Fsp3) is 0.348. The summed E-state index contributed by atoms with van der Waals surface area (Å²) in [6.07, 6.45) is 0.696. The number of hydrogen-bond acceptors (Lipinski definition) is 6. The highest BCUT2D eigenvalue weighted by molar-refractivity contribution is 7.89. The van der Waals surface area contributed by atoms with Crippen molar-refractivity contribution in [2.24, 2.45) is 0 Å². The van der Waals surface area contributed by atoms with Gasteiger partial charge in [-0.2, -0.15) is 4.31 Å². The molecular weight excluding hydrogens is 458 g/mol. The Kier molecular flexibility index (Phi) is 6.78. The van der Waals surface area contributed by atoms with Crippen LogP contribution in [0.2, 0.25) is 0 Å². The lowest BCUT2D eigenvalue weighted by Crippen LogP contribution is -2.30. The van der Waals surface area contributed by atoms with Crippen LogP contribution in [0.1, 0.15) is 33.0 Å². The largest absolute Gasteiger partial charge is 0.328 e. The molecule has 0 radical (unpaired) electrons. The summed E-state index contributed by atoms with van der Waals surface area (Å²) < 4.78 is 30.2. The Labute approximate surface area is 197 Å². The lowest BCUT2D eigenvalue weighted by atomic mass is 10.3. The Morgan fingerprint density at radius 2 is 1.82 bits per heavy atom. The zero-order chi connectivity index (χ0) is 23.6. The molecule has 33 heavy (non-hydrogen) atoms. The van der Waals surface area contributed by atoms with E-state index < -0.39 is 10.0 Å². The van der Waals surface area contributed by atoms with Crippen molar-refractivity contribution in [2.75, 3.05) is 18.4 Å². The number of aromatic nitrogens is 3. The Morgan fingerprint density at radius 3 is 2.52 bits per heavy atom. The molecular formula is C23H27N5O3S2. The summed E-state index contributed by atoms with van der Waals surface area (Å²) >= 11 is 1.44. The van der Waals surface area contributed by atoms with E-state index in [9.17, 15) is 13.2 Å². The maximum absolute atomic E-state index is 12.9. The van der Waals surface area contributed by atoms with E-state index in [4.69, 9.17) is 0 Å². The molecule has 0 fully saturated rings. The summed E-state index contributed by atoms with van der Waals surface area (Å²) in [6, 6.07) is 12.8. The molecule has 8 nitrogen and oxygen atoms in total. The molecule has 0 spiro atoms. The maximum Gasteiger partial charge on any atom is 0.243 e. The molecule has 0 aliphatic heterocycles. The van der Waals surface area contributed by atoms with Crippen molar-refractivity contribution in [3.8, 4) is 0 Å². The first-order valence-corrected chi connectivity index (χ1v) is 13.3. The van der Waals surface area contributed by atoms with Crippen molar-refractivity contribution in [3.05, 3.63) is 48.3 Å². The van der Waals surface area contributed by atoms with E-state index >= 15 is 0 Å². The summed E-state index contributed by atoms with van der Waals surface area (Å²) in [6.45, 7) is 7.15. The summed E-state index contributed by atoms with van der Waals surface area (Å²) in [7, 11) is -3.56. The van der Waals surface area contributed by atoms with E-state index in [0.29, 0.717) is 36.7 Å². The molecule has 2 aromatic heterocycles. The van der Waals surface area contributed by atoms with Crippen molar-refractivity contribution < 1.29 is 13.2 Å². The van der Waals surface area contributed by atoms with Gasteiger partial charge in [0, 0.05) is 32.5 Å². The molecule has 4 aromatic rings. The Balaban J connectivity index is 1.52. The van der Waals surface area contributed by atoms with Gasteiger partial charge in [0.1, 0.15) is 5.82 Å². The number of imidazole rings is 1. The SMILES string of the molecule is CCN(CC)S(=O)(=O)c1ccc2c(c1)nc(CCC(=O)Nc1nc3ccccc3s1)n2CC. The number of aryl methyl sites for hydroxylation is 2. The van der Waals surface area contributed by atoms with Crippen LogP contribution in [0.4, 0.5) is 5.13 Å². The number of hydrogen-bond donors (Lipinski definition) is 1. The number of anilines is 1. The summed E-state index contributed by atoms with van der Waals surface area (Å²) in [4.78, 5) is 21.9. The minimum absolute atomic E-state index is 0.131. The number of amides is 1. The van der Waals surface area contributed by atoms with Crippen LogP contribution in [0.3, 0.4) is 0 Å². The zero-order valence-electron chi connectivity index (χ0n) is 18.9. The number of thiazole rings is 1. The predicted octanol–water partition coefficient (Wildman–Crippen LogP) is 4.27. The third-order valence-corrected chi connectivity index (χ3v) is 8.57. The summed E-state index contributed by atoms with van der Waals surface area (Å²) in [5.41, 5.74) is 2.34. The first-order chi connectivity index (χ1) is 15.9. The van der Waals surface area contributed by atoms with Crippen LogP contribution in [0.5, 0.6) is 0 Å². The highest BCUT2D eigenvalue weighted by Gasteiger charge is 2.23. The second kappa shape index (κ2) is 9.58. The fourth-order valence-corrected chi connectivity index (χ4v) is 6.27. The van der Waals surface area contributed by atoms with E-state index in [1.165, 1.54) is 15.6 Å². The van der Waals surface area contributed by atoms with Gasteiger partial charge in [-0.3, -0.25) is 4.79 Å². The molecule has 2 aromatic carbocycles. The van der Waals surface area contributed by atoms with Crippen LogP contribution in [0.25, 0.3) is 21.3 Å². The van der Waals surface area contributed by atoms with Gasteiger partial charge in [-0.15, -0.1) is 0 Å². The zero-order valence-corrected chi connectivity index (χ0v) is 20.5. The van der Waals surface area contributed by atoms with Crippen LogP contribution in [-0.2, 0) is 27.8 Å². The first-order valence-electron chi connectivity index (χ1n) is 11.0. The van der Waals surface area contributed by atoms with E-state index in [1.54, 1.807) is 18.2 Å². The second-order valence-corrected chi connectivity index (χ2v) is 10.5. The van der Waals surface area contributed by atoms with E-state index in [2.05, 4.69) is 15.3 Å². The van der Waals surface area contributed by atoms with Gasteiger partial charge >= 0.3 is 0 Å². The van der Waals surface area contributed by atoms with Gasteiger partial charge in [0.15, 0.2) is 5.13 Å². The third-order valence-electron chi connectivity index (χ3n) is 5.57. The maximum atomic E-state index is 12.9. The van der Waals surface area contributed by atoms with Crippen LogP contribution in [0.15, 0.2) is 47.4 Å². The highest BCUT2D eigenvalue weighted by Crippen LogP contribution is 2.26. The first kappa shape index (κ1) is 23.3. The standard InChI is InChI=1S/C23H27N5O3S2/c1-4-27(5-2)33(30,31)16-11-12-19-18(15-16)24-21(28(19)6-3)13-14-22(29)26-23-25-17-9-7-8-10-20(17)32-23/h7-12,15H,4-6,13-14H2,1-3H3,(H,25,26,29). The molecule has 0 bridgehead atoms. The molecule has 0 saturated heterocycles. The molecule has 4 rings (SSSR count). The number of sulfonamides is 1. The smallest absolute Gasteiger partial charge is 0.243 e. The average Bonchev–Trinajstić information content (AvgIpc) is 3.37. The number of rotatable bonds is 9. The monoisotopic (exact) mass is 485 g/mol. The van der Waals surface area contributed by atoms with Crippen molar-refractivity contribution in [1.82, 2.24) is 18.8 Å². The van der Waals surface area contributed by atoms with Crippen LogP contribution < -0.4 is 5.32 Å². The van der Waals surface area contributed by atoms with E-state index in [1.807, 2.05) is 49.6 Å². The van der Waals surface area contributed by atoms with Gasteiger partial charge in [-0.05, 0) is 37.3 Å². The minimum Gasteiger partial charge on any atom is -0.328 e. The molecule has 0 aliphatic rings. The second-order valence-electron chi connectivity index (χ2n) is 7.55. The summed E-state index contributed by atoms with van der Waals surface area (Å²) in [5.74, 6) is 0.623. The topological polar surface area (TPSA) is 97.2 Å². The Bertz CT molecular complexity index is 1370. The Morgan fingerprint density at radius 1 is 1.06 bits per heavy atom. The van der Waals surface area contributed by atoms with Crippen molar-refractivity contribution in [3.63, 3.8) is 0 Å². The van der Waals surface area contributed by atoms with Gasteiger partial charge in [-0.25, -0.2) is 18.4 Å². The average molecular weight is 486 g/mol. The molecule has 1 N–H and O–H groups in total.